The maximum absolute atomic E-state index is 13.1. The molecule has 0 saturated heterocycles. The number of nitrogens with one attached hydrogen (secondary N) is 1. The smallest absolute Gasteiger partial charge is 0.194 e. The lowest BCUT2D eigenvalue weighted by molar-refractivity contribution is 0.372. The van der Waals surface area contributed by atoms with Gasteiger partial charge >= 0.3 is 0 Å². The van der Waals surface area contributed by atoms with Crippen molar-refractivity contribution in [3.8, 4) is 0 Å². The minimum absolute atomic E-state index is 0.145. The topological polar surface area (TPSA) is 12.0 Å². The Labute approximate surface area is 129 Å². The minimum Gasteiger partial charge on any atom is -0.382 e. The van der Waals surface area contributed by atoms with Crippen molar-refractivity contribution in [3.63, 3.8) is 0 Å². The molecule has 5 heteroatoms. The fourth-order valence-electron chi connectivity index (χ4n) is 2.67. The van der Waals surface area contributed by atoms with Crippen molar-refractivity contribution in [2.75, 3.05) is 5.32 Å². The number of halogens is 4. The van der Waals surface area contributed by atoms with Gasteiger partial charge in [0, 0.05) is 28.3 Å². The highest BCUT2D eigenvalue weighted by molar-refractivity contribution is 9.10. The highest BCUT2D eigenvalue weighted by Crippen LogP contribution is 2.41. The summed E-state index contributed by atoms with van der Waals surface area (Å²) in [7, 11) is 0. The predicted molar refractivity (Wildman–Crippen MR) is 79.8 cm³/mol. The predicted octanol–water partition coefficient (Wildman–Crippen LogP) is 5.22. The second-order valence-corrected chi connectivity index (χ2v) is 6.14. The molecule has 2 aromatic carbocycles. The monoisotopic (exact) mass is 355 g/mol. The van der Waals surface area contributed by atoms with Gasteiger partial charge in [-0.3, -0.25) is 0 Å². The van der Waals surface area contributed by atoms with E-state index in [1.807, 2.05) is 18.2 Å². The molecule has 1 aliphatic carbocycles. The summed E-state index contributed by atoms with van der Waals surface area (Å²) in [6.07, 6.45) is 1.76. The molecule has 110 valence electrons. The first-order valence-electron chi connectivity index (χ1n) is 6.70. The molecule has 21 heavy (non-hydrogen) atoms. The number of hydrogen-bond acceptors (Lipinski definition) is 1. The average molecular weight is 356 g/mol. The molecule has 1 N–H and O–H groups in total. The van der Waals surface area contributed by atoms with Gasteiger partial charge in [-0.05, 0) is 30.4 Å². The van der Waals surface area contributed by atoms with E-state index in [1.165, 1.54) is 5.56 Å². The van der Waals surface area contributed by atoms with Gasteiger partial charge in [-0.25, -0.2) is 13.2 Å². The normalized spacial score (nSPS) is 21.0. The van der Waals surface area contributed by atoms with Crippen molar-refractivity contribution >= 4 is 21.6 Å². The van der Waals surface area contributed by atoms with Gasteiger partial charge in [0.2, 0.25) is 0 Å². The summed E-state index contributed by atoms with van der Waals surface area (Å²) in [5.41, 5.74) is 1.52. The van der Waals surface area contributed by atoms with Gasteiger partial charge < -0.3 is 5.32 Å². The fourth-order valence-corrected chi connectivity index (χ4v) is 3.28. The molecule has 0 aromatic heterocycles. The van der Waals surface area contributed by atoms with Crippen LogP contribution in [0.2, 0.25) is 0 Å². The van der Waals surface area contributed by atoms with E-state index in [0.29, 0.717) is 5.92 Å². The molecule has 0 spiro atoms. The van der Waals surface area contributed by atoms with Crippen LogP contribution in [0.25, 0.3) is 0 Å². The summed E-state index contributed by atoms with van der Waals surface area (Å²) < 4.78 is 40.3. The first-order valence-corrected chi connectivity index (χ1v) is 7.49. The molecule has 0 heterocycles. The van der Waals surface area contributed by atoms with Crippen LogP contribution in [0, 0.1) is 17.5 Å². The van der Waals surface area contributed by atoms with E-state index in [1.54, 1.807) is 0 Å². The first-order chi connectivity index (χ1) is 10.0. The molecule has 3 rings (SSSR count). The Hall–Kier alpha value is -1.49. The Morgan fingerprint density at radius 2 is 1.62 bits per heavy atom. The third kappa shape index (κ3) is 2.93. The molecule has 0 bridgehead atoms. The van der Waals surface area contributed by atoms with Gasteiger partial charge in [-0.2, -0.15) is 0 Å². The number of anilines is 1. The van der Waals surface area contributed by atoms with Crippen LogP contribution in [0.15, 0.2) is 40.9 Å². The summed E-state index contributed by atoms with van der Waals surface area (Å²) >= 11 is 3.52. The highest BCUT2D eigenvalue weighted by Gasteiger charge is 2.31. The van der Waals surface area contributed by atoms with E-state index < -0.39 is 17.5 Å². The standard InChI is InChI=1S/C16H13BrF3N/c17-13-4-2-1-3-12(13)9-5-10(6-9)21-11-7-14(18)16(20)15(19)8-11/h1-4,7-10,21H,5-6H2. The van der Waals surface area contributed by atoms with Gasteiger partial charge in [0.25, 0.3) is 0 Å². The number of rotatable bonds is 3. The third-order valence-electron chi connectivity index (χ3n) is 3.84. The summed E-state index contributed by atoms with van der Waals surface area (Å²) in [5.74, 6) is -3.34. The van der Waals surface area contributed by atoms with E-state index in [0.717, 1.165) is 29.4 Å². The van der Waals surface area contributed by atoms with E-state index in [-0.39, 0.29) is 11.7 Å². The van der Waals surface area contributed by atoms with E-state index in [2.05, 4.69) is 27.3 Å². The number of hydrogen-bond donors (Lipinski definition) is 1. The molecule has 1 aliphatic rings. The van der Waals surface area contributed by atoms with E-state index in [9.17, 15) is 13.2 Å². The Balaban J connectivity index is 1.64. The quantitative estimate of drug-likeness (QED) is 0.743. The molecule has 0 unspecified atom stereocenters. The Bertz CT molecular complexity index is 645. The fraction of sp³-hybridized carbons (Fsp3) is 0.250. The molecule has 0 radical (unpaired) electrons. The lowest BCUT2D eigenvalue weighted by atomic mass is 9.76. The Morgan fingerprint density at radius 3 is 2.24 bits per heavy atom. The zero-order chi connectivity index (χ0) is 15.0. The van der Waals surface area contributed by atoms with Crippen LogP contribution in [0.1, 0.15) is 24.3 Å². The van der Waals surface area contributed by atoms with Crippen molar-refractivity contribution in [2.45, 2.75) is 24.8 Å². The lowest BCUT2D eigenvalue weighted by Crippen LogP contribution is -2.34. The lowest BCUT2D eigenvalue weighted by Gasteiger charge is -2.37. The van der Waals surface area contributed by atoms with Crippen molar-refractivity contribution in [3.05, 3.63) is 63.9 Å². The number of benzene rings is 2. The average Bonchev–Trinajstić information content (AvgIpc) is 2.41. The first kappa shape index (κ1) is 14.4. The maximum atomic E-state index is 13.1. The van der Waals surface area contributed by atoms with Gasteiger partial charge in [0.15, 0.2) is 17.5 Å². The molecular weight excluding hydrogens is 343 g/mol. The van der Waals surface area contributed by atoms with Crippen LogP contribution in [-0.2, 0) is 0 Å². The van der Waals surface area contributed by atoms with Crippen molar-refractivity contribution in [2.24, 2.45) is 0 Å². The van der Waals surface area contributed by atoms with Crippen molar-refractivity contribution in [1.29, 1.82) is 0 Å². The van der Waals surface area contributed by atoms with Crippen LogP contribution in [0.3, 0.4) is 0 Å². The summed E-state index contributed by atoms with van der Waals surface area (Å²) in [6, 6.07) is 10.2. The molecule has 0 aliphatic heterocycles. The van der Waals surface area contributed by atoms with Crippen LogP contribution in [0.5, 0.6) is 0 Å². The molecule has 0 amide bonds. The van der Waals surface area contributed by atoms with Crippen LogP contribution >= 0.6 is 15.9 Å². The molecule has 2 aromatic rings. The molecular formula is C16H13BrF3N. The Kier molecular flexibility index (Phi) is 3.93. The zero-order valence-corrected chi connectivity index (χ0v) is 12.6. The van der Waals surface area contributed by atoms with Crippen LogP contribution < -0.4 is 5.32 Å². The van der Waals surface area contributed by atoms with Gasteiger partial charge in [-0.1, -0.05) is 34.1 Å². The second-order valence-electron chi connectivity index (χ2n) is 5.28. The minimum atomic E-state index is -1.43. The van der Waals surface area contributed by atoms with Crippen LogP contribution in [-0.4, -0.2) is 6.04 Å². The largest absolute Gasteiger partial charge is 0.382 e. The van der Waals surface area contributed by atoms with Crippen molar-refractivity contribution in [1.82, 2.24) is 0 Å². The van der Waals surface area contributed by atoms with Gasteiger partial charge in [0.1, 0.15) is 0 Å². The SMILES string of the molecule is Fc1cc(NC2CC(c3ccccc3Br)C2)cc(F)c1F. The van der Waals surface area contributed by atoms with E-state index >= 15 is 0 Å². The van der Waals surface area contributed by atoms with E-state index in [4.69, 9.17) is 0 Å². The van der Waals surface area contributed by atoms with Crippen LogP contribution in [0.4, 0.5) is 18.9 Å². The highest BCUT2D eigenvalue weighted by atomic mass is 79.9. The van der Waals surface area contributed by atoms with Gasteiger partial charge in [0.05, 0.1) is 0 Å². The molecule has 1 fully saturated rings. The summed E-state index contributed by atoms with van der Waals surface area (Å²) in [5, 5.41) is 3.04. The second kappa shape index (κ2) is 5.72. The molecule has 1 nitrogen and oxygen atoms in total. The Morgan fingerprint density at radius 1 is 1.00 bits per heavy atom. The third-order valence-corrected chi connectivity index (χ3v) is 4.56. The summed E-state index contributed by atoms with van der Waals surface area (Å²) in [4.78, 5) is 0. The molecule has 1 saturated carbocycles. The van der Waals surface area contributed by atoms with Crippen molar-refractivity contribution < 1.29 is 13.2 Å². The van der Waals surface area contributed by atoms with Gasteiger partial charge in [-0.15, -0.1) is 0 Å². The molecule has 0 atom stereocenters. The zero-order valence-electron chi connectivity index (χ0n) is 11.0. The summed E-state index contributed by atoms with van der Waals surface area (Å²) in [6.45, 7) is 0. The maximum Gasteiger partial charge on any atom is 0.194 e.